The lowest BCUT2D eigenvalue weighted by Gasteiger charge is -2.16. The molecule has 0 radical (unpaired) electrons. The highest BCUT2D eigenvalue weighted by molar-refractivity contribution is 5.87. The van der Waals surface area contributed by atoms with Crippen LogP contribution in [0.4, 0.5) is 5.69 Å². The molecule has 0 spiro atoms. The van der Waals surface area contributed by atoms with E-state index in [2.05, 4.69) is 15.6 Å². The second-order valence-electron chi connectivity index (χ2n) is 6.00. The number of allylic oxidation sites excluding steroid dienone is 2. The summed E-state index contributed by atoms with van der Waals surface area (Å²) in [5.74, 6) is -1.25. The molecule has 3 rings (SSSR count). The van der Waals surface area contributed by atoms with Crippen molar-refractivity contribution in [3.63, 3.8) is 0 Å². The molecule has 0 amide bonds. The number of benzene rings is 1. The van der Waals surface area contributed by atoms with Gasteiger partial charge in [-0.1, -0.05) is 24.3 Å². The first-order valence-electron chi connectivity index (χ1n) is 8.33. The molecule has 1 atom stereocenters. The minimum Gasteiger partial charge on any atom is -0.494 e. The molecule has 1 aromatic heterocycles. The van der Waals surface area contributed by atoms with Gasteiger partial charge in [-0.25, -0.2) is 10.1 Å². The molecule has 1 aliphatic heterocycles. The van der Waals surface area contributed by atoms with Crippen molar-refractivity contribution < 1.29 is 19.6 Å². The third-order valence-electron chi connectivity index (χ3n) is 4.28. The number of carboxylic acids is 1. The number of aliphatic carboxylic acids is 1. The normalized spacial score (nSPS) is 17.7. The number of anilines is 1. The highest BCUT2D eigenvalue weighted by atomic mass is 16.6. The summed E-state index contributed by atoms with van der Waals surface area (Å²) < 4.78 is 5.46. The third-order valence-corrected chi connectivity index (χ3v) is 4.28. The van der Waals surface area contributed by atoms with Crippen LogP contribution >= 0.6 is 0 Å². The number of rotatable bonds is 5. The minimum absolute atomic E-state index is 0.161. The summed E-state index contributed by atoms with van der Waals surface area (Å²) in [7, 11) is 1.38. The fraction of sp³-hybridized carbons (Fsp3) is 0.158. The maximum Gasteiger partial charge on any atom is 0.332 e. The van der Waals surface area contributed by atoms with Crippen LogP contribution in [0.15, 0.2) is 66.1 Å². The molecule has 3 N–H and O–H groups in total. The summed E-state index contributed by atoms with van der Waals surface area (Å²) in [5, 5.41) is 27.3. The molecule has 1 aromatic carbocycles. The topological polar surface area (TPSA) is 127 Å². The Hall–Kier alpha value is -3.88. The van der Waals surface area contributed by atoms with Crippen molar-refractivity contribution in [2.45, 2.75) is 13.0 Å². The lowest BCUT2D eigenvalue weighted by molar-refractivity contribution is -0.421. The molecule has 9 heteroatoms. The predicted molar refractivity (Wildman–Crippen MR) is 101 cm³/mol. The summed E-state index contributed by atoms with van der Waals surface area (Å²) in [6.45, 7) is 1.62. The Labute approximate surface area is 160 Å². The van der Waals surface area contributed by atoms with Gasteiger partial charge in [-0.05, 0) is 23.0 Å². The molecule has 0 saturated heterocycles. The number of nitrogens with one attached hydrogen (secondary N) is 2. The SMILES string of the molecule is COC1=C(C)NC(C(=O)O)c2ccccc2C1=C(Nc1ccncc1)[N+](=O)[O-]. The zero-order valence-corrected chi connectivity index (χ0v) is 15.2. The van der Waals surface area contributed by atoms with Crippen LogP contribution in [-0.2, 0) is 9.53 Å². The average Bonchev–Trinajstić information content (AvgIpc) is 2.81. The fourth-order valence-corrected chi connectivity index (χ4v) is 3.10. The lowest BCUT2D eigenvalue weighted by Crippen LogP contribution is -2.27. The standard InChI is InChI=1S/C19H18N4O5/c1-11-17(28-2)15(18(23(26)27)22-12-7-9-20-10-8-12)13-5-3-4-6-14(13)16(21-11)19(24)25/h3-10,16,21H,1-2H3,(H,20,22)(H,24,25). The van der Waals surface area contributed by atoms with Gasteiger partial charge in [0.2, 0.25) is 0 Å². The molecule has 144 valence electrons. The van der Waals surface area contributed by atoms with Gasteiger partial charge in [-0.2, -0.15) is 0 Å². The van der Waals surface area contributed by atoms with E-state index < -0.39 is 16.9 Å². The molecular weight excluding hydrogens is 364 g/mol. The first-order valence-corrected chi connectivity index (χ1v) is 8.33. The molecule has 0 fully saturated rings. The number of aromatic nitrogens is 1. The number of hydrogen-bond donors (Lipinski definition) is 3. The Morgan fingerprint density at radius 2 is 1.96 bits per heavy atom. The number of pyridine rings is 1. The van der Waals surface area contributed by atoms with Crippen LogP contribution in [0.1, 0.15) is 24.1 Å². The van der Waals surface area contributed by atoms with Gasteiger partial charge in [0.05, 0.1) is 12.8 Å². The lowest BCUT2D eigenvalue weighted by atomic mass is 9.94. The van der Waals surface area contributed by atoms with Crippen molar-refractivity contribution in [2.75, 3.05) is 12.4 Å². The van der Waals surface area contributed by atoms with Crippen molar-refractivity contribution >= 4 is 17.2 Å². The number of nitrogens with zero attached hydrogens (tertiary/aromatic N) is 2. The highest BCUT2D eigenvalue weighted by Gasteiger charge is 2.34. The summed E-state index contributed by atoms with van der Waals surface area (Å²) in [5.41, 5.74) is 1.79. The van der Waals surface area contributed by atoms with Gasteiger partial charge in [-0.3, -0.25) is 4.98 Å². The van der Waals surface area contributed by atoms with E-state index in [-0.39, 0.29) is 17.2 Å². The van der Waals surface area contributed by atoms with E-state index in [0.717, 1.165) is 0 Å². The molecule has 28 heavy (non-hydrogen) atoms. The molecule has 0 saturated carbocycles. The van der Waals surface area contributed by atoms with Gasteiger partial charge in [0, 0.05) is 24.5 Å². The smallest absolute Gasteiger partial charge is 0.332 e. The molecule has 9 nitrogen and oxygen atoms in total. The second-order valence-corrected chi connectivity index (χ2v) is 6.00. The van der Waals surface area contributed by atoms with E-state index in [4.69, 9.17) is 4.74 Å². The maximum atomic E-state index is 12.0. The number of fused-ring (bicyclic) bond motifs is 1. The zero-order chi connectivity index (χ0) is 20.3. The first kappa shape index (κ1) is 18.9. The minimum atomic E-state index is -1.10. The maximum absolute atomic E-state index is 12.0. The zero-order valence-electron chi connectivity index (χ0n) is 15.2. The molecule has 0 bridgehead atoms. The Balaban J connectivity index is 2.33. The van der Waals surface area contributed by atoms with Gasteiger partial charge < -0.3 is 25.3 Å². The Morgan fingerprint density at radius 1 is 1.29 bits per heavy atom. The van der Waals surface area contributed by atoms with Gasteiger partial charge in [-0.15, -0.1) is 0 Å². The quantitative estimate of drug-likeness (QED) is 0.532. The highest BCUT2D eigenvalue weighted by Crippen LogP contribution is 2.37. The van der Waals surface area contributed by atoms with E-state index in [0.29, 0.717) is 22.5 Å². The predicted octanol–water partition coefficient (Wildman–Crippen LogP) is 2.75. The van der Waals surface area contributed by atoms with Crippen LogP contribution in [0.3, 0.4) is 0 Å². The van der Waals surface area contributed by atoms with E-state index >= 15 is 0 Å². The van der Waals surface area contributed by atoms with E-state index in [1.54, 1.807) is 43.3 Å². The molecule has 2 heterocycles. The van der Waals surface area contributed by atoms with E-state index in [9.17, 15) is 20.0 Å². The summed E-state index contributed by atoms with van der Waals surface area (Å²) in [6, 6.07) is 8.74. The number of methoxy groups -OCH3 is 1. The number of nitro groups is 1. The monoisotopic (exact) mass is 382 g/mol. The van der Waals surface area contributed by atoms with Crippen LogP contribution in [0, 0.1) is 10.1 Å². The van der Waals surface area contributed by atoms with Crippen LogP contribution in [-0.4, -0.2) is 28.1 Å². The van der Waals surface area contributed by atoms with Crippen LogP contribution in [0.5, 0.6) is 0 Å². The van der Waals surface area contributed by atoms with Gasteiger partial charge >= 0.3 is 11.8 Å². The van der Waals surface area contributed by atoms with E-state index in [1.165, 1.54) is 19.5 Å². The average molecular weight is 382 g/mol. The van der Waals surface area contributed by atoms with Crippen LogP contribution < -0.4 is 10.6 Å². The molecule has 0 aliphatic carbocycles. The van der Waals surface area contributed by atoms with Crippen molar-refractivity contribution in [3.8, 4) is 0 Å². The van der Waals surface area contributed by atoms with Crippen molar-refractivity contribution in [3.05, 3.63) is 87.3 Å². The van der Waals surface area contributed by atoms with Gasteiger partial charge in [0.25, 0.3) is 0 Å². The van der Waals surface area contributed by atoms with Crippen LogP contribution in [0.25, 0.3) is 5.57 Å². The summed E-state index contributed by atoms with van der Waals surface area (Å²) >= 11 is 0. The molecule has 2 aromatic rings. The number of carbonyl (C=O) groups is 1. The Bertz CT molecular complexity index is 985. The Kier molecular flexibility index (Phi) is 5.25. The van der Waals surface area contributed by atoms with Crippen molar-refractivity contribution in [2.24, 2.45) is 0 Å². The van der Waals surface area contributed by atoms with Crippen molar-refractivity contribution in [1.82, 2.24) is 10.3 Å². The largest absolute Gasteiger partial charge is 0.494 e. The summed E-state index contributed by atoms with van der Waals surface area (Å²) in [4.78, 5) is 27.1. The van der Waals surface area contributed by atoms with E-state index in [1.807, 2.05) is 0 Å². The van der Waals surface area contributed by atoms with Crippen molar-refractivity contribution in [1.29, 1.82) is 0 Å². The summed E-state index contributed by atoms with van der Waals surface area (Å²) in [6.07, 6.45) is 3.01. The van der Waals surface area contributed by atoms with Crippen LogP contribution in [0.2, 0.25) is 0 Å². The molecule has 1 aliphatic rings. The third kappa shape index (κ3) is 3.50. The number of carboxylic acid groups (broad SMARTS) is 1. The number of hydrogen-bond acceptors (Lipinski definition) is 7. The van der Waals surface area contributed by atoms with Gasteiger partial charge in [0.15, 0.2) is 11.8 Å². The van der Waals surface area contributed by atoms with Gasteiger partial charge in [0.1, 0.15) is 11.3 Å². The second kappa shape index (κ2) is 7.78. The number of ether oxygens (including phenoxy) is 1. The molecular formula is C19H18N4O5. The Morgan fingerprint density at radius 3 is 2.57 bits per heavy atom. The first-order chi connectivity index (χ1) is 13.4. The molecule has 1 unspecified atom stereocenters. The fourth-order valence-electron chi connectivity index (χ4n) is 3.10.